The van der Waals surface area contributed by atoms with Crippen LogP contribution >= 0.6 is 12.2 Å². The van der Waals surface area contributed by atoms with Gasteiger partial charge in [-0.05, 0) is 49.0 Å². The van der Waals surface area contributed by atoms with Gasteiger partial charge < -0.3 is 10.1 Å². The number of nitrogens with one attached hydrogen (secondary N) is 1. The second-order valence-corrected chi connectivity index (χ2v) is 5.88. The number of ether oxygens (including phenoxy) is 1. The Bertz CT molecular complexity index is 851. The van der Waals surface area contributed by atoms with Crippen LogP contribution in [-0.2, 0) is 11.4 Å². The average molecular weight is 356 g/mol. The van der Waals surface area contributed by atoms with Gasteiger partial charge in [0.1, 0.15) is 23.9 Å². The quantitative estimate of drug-likeness (QED) is 0.658. The first-order valence-corrected chi connectivity index (χ1v) is 8.30. The third kappa shape index (κ3) is 3.85. The van der Waals surface area contributed by atoms with Crippen LogP contribution in [0.2, 0.25) is 0 Å². The van der Waals surface area contributed by atoms with Crippen molar-refractivity contribution >= 4 is 29.3 Å². The molecular formula is C19H17FN2O2S. The zero-order valence-electron chi connectivity index (χ0n) is 13.7. The third-order valence-corrected chi connectivity index (χ3v) is 4.10. The lowest BCUT2D eigenvalue weighted by molar-refractivity contribution is -0.122. The second kappa shape index (κ2) is 7.44. The predicted octanol–water partition coefficient (Wildman–Crippen LogP) is 3.48. The molecule has 1 aliphatic rings. The van der Waals surface area contributed by atoms with Gasteiger partial charge in [0.2, 0.25) is 0 Å². The molecule has 0 unspecified atom stereocenters. The lowest BCUT2D eigenvalue weighted by Crippen LogP contribution is -2.30. The molecule has 2 aromatic rings. The molecule has 3 rings (SSSR count). The fourth-order valence-electron chi connectivity index (χ4n) is 2.53. The van der Waals surface area contributed by atoms with Crippen molar-refractivity contribution in [1.82, 2.24) is 10.2 Å². The molecule has 0 aromatic heterocycles. The first-order valence-electron chi connectivity index (χ1n) is 7.89. The van der Waals surface area contributed by atoms with Crippen LogP contribution in [0.1, 0.15) is 18.1 Å². The fourth-order valence-corrected chi connectivity index (χ4v) is 2.86. The number of para-hydroxylation sites is 1. The van der Waals surface area contributed by atoms with Crippen molar-refractivity contribution in [1.29, 1.82) is 0 Å². The summed E-state index contributed by atoms with van der Waals surface area (Å²) in [4.78, 5) is 13.8. The zero-order valence-corrected chi connectivity index (χ0v) is 14.5. The van der Waals surface area contributed by atoms with E-state index in [2.05, 4.69) is 5.32 Å². The summed E-state index contributed by atoms with van der Waals surface area (Å²) in [6, 6.07) is 13.6. The minimum Gasteiger partial charge on any atom is -0.488 e. The van der Waals surface area contributed by atoms with E-state index in [0.29, 0.717) is 23.1 Å². The smallest absolute Gasteiger partial charge is 0.276 e. The Morgan fingerprint density at radius 3 is 2.76 bits per heavy atom. The Hall–Kier alpha value is -2.73. The molecule has 1 amide bonds. The van der Waals surface area contributed by atoms with Crippen LogP contribution in [0.15, 0.2) is 54.2 Å². The summed E-state index contributed by atoms with van der Waals surface area (Å²) in [6.07, 6.45) is 1.71. The average Bonchev–Trinajstić information content (AvgIpc) is 2.87. The Labute approximate surface area is 150 Å². The van der Waals surface area contributed by atoms with Gasteiger partial charge in [-0.3, -0.25) is 9.69 Å². The van der Waals surface area contributed by atoms with Crippen LogP contribution < -0.4 is 10.1 Å². The van der Waals surface area contributed by atoms with E-state index in [1.54, 1.807) is 24.3 Å². The van der Waals surface area contributed by atoms with E-state index in [4.69, 9.17) is 17.0 Å². The Balaban J connectivity index is 1.81. The first-order chi connectivity index (χ1) is 12.1. The van der Waals surface area contributed by atoms with E-state index >= 15 is 0 Å². The van der Waals surface area contributed by atoms with Gasteiger partial charge in [-0.15, -0.1) is 0 Å². The predicted molar refractivity (Wildman–Crippen MR) is 98.3 cm³/mol. The maximum Gasteiger partial charge on any atom is 0.276 e. The van der Waals surface area contributed by atoms with Crippen LogP contribution in [0, 0.1) is 5.82 Å². The molecule has 1 aliphatic heterocycles. The number of nitrogens with zero attached hydrogens (tertiary/aromatic N) is 1. The molecule has 128 valence electrons. The standard InChI is InChI=1S/C19H17FN2O2S/c1-2-22-18(23)16(21-19(22)25)11-14-7-3-4-9-17(14)24-12-13-6-5-8-15(20)10-13/h3-11H,2,12H2,1H3,(H,21,25)/b16-11-. The number of likely N-dealkylation sites (N-methyl/N-ethyl adjacent to an activating group) is 1. The summed E-state index contributed by atoms with van der Waals surface area (Å²) in [7, 11) is 0. The molecule has 0 spiro atoms. The lowest BCUT2D eigenvalue weighted by atomic mass is 10.1. The van der Waals surface area contributed by atoms with Crippen molar-refractivity contribution < 1.29 is 13.9 Å². The molecule has 1 saturated heterocycles. The Kier molecular flexibility index (Phi) is 5.09. The maximum absolute atomic E-state index is 13.3. The van der Waals surface area contributed by atoms with Crippen molar-refractivity contribution in [2.75, 3.05) is 6.54 Å². The summed E-state index contributed by atoms with van der Waals surface area (Å²) >= 11 is 5.16. The highest BCUT2D eigenvalue weighted by molar-refractivity contribution is 7.80. The minimum atomic E-state index is -0.301. The number of hydrogen-bond acceptors (Lipinski definition) is 3. The van der Waals surface area contributed by atoms with Gasteiger partial charge in [-0.2, -0.15) is 0 Å². The number of carbonyl (C=O) groups excluding carboxylic acids is 1. The monoisotopic (exact) mass is 356 g/mol. The molecule has 0 atom stereocenters. The summed E-state index contributed by atoms with van der Waals surface area (Å²) in [5, 5.41) is 3.33. The van der Waals surface area contributed by atoms with Crippen LogP contribution in [0.5, 0.6) is 5.75 Å². The van der Waals surface area contributed by atoms with Gasteiger partial charge in [0.15, 0.2) is 5.11 Å². The molecule has 0 radical (unpaired) electrons. The molecular weight excluding hydrogens is 339 g/mol. The molecule has 1 fully saturated rings. The van der Waals surface area contributed by atoms with Crippen molar-refractivity contribution in [3.8, 4) is 5.75 Å². The van der Waals surface area contributed by atoms with Crippen LogP contribution in [-0.4, -0.2) is 22.5 Å². The van der Waals surface area contributed by atoms with E-state index < -0.39 is 0 Å². The van der Waals surface area contributed by atoms with E-state index in [-0.39, 0.29) is 18.3 Å². The normalized spacial score (nSPS) is 15.6. The van der Waals surface area contributed by atoms with Crippen LogP contribution in [0.4, 0.5) is 4.39 Å². The highest BCUT2D eigenvalue weighted by Gasteiger charge is 2.29. The van der Waals surface area contributed by atoms with Gasteiger partial charge in [0, 0.05) is 12.1 Å². The van der Waals surface area contributed by atoms with Crippen molar-refractivity contribution in [2.45, 2.75) is 13.5 Å². The van der Waals surface area contributed by atoms with Gasteiger partial charge in [0.25, 0.3) is 5.91 Å². The second-order valence-electron chi connectivity index (χ2n) is 5.49. The number of amides is 1. The van der Waals surface area contributed by atoms with Crippen LogP contribution in [0.3, 0.4) is 0 Å². The van der Waals surface area contributed by atoms with Gasteiger partial charge >= 0.3 is 0 Å². The largest absolute Gasteiger partial charge is 0.488 e. The van der Waals surface area contributed by atoms with E-state index in [1.165, 1.54) is 17.0 Å². The summed E-state index contributed by atoms with van der Waals surface area (Å²) < 4.78 is 19.1. The number of rotatable bonds is 5. The molecule has 4 nitrogen and oxygen atoms in total. The minimum absolute atomic E-state index is 0.160. The number of thiocarbonyl (C=S) groups is 1. The molecule has 25 heavy (non-hydrogen) atoms. The highest BCUT2D eigenvalue weighted by Crippen LogP contribution is 2.23. The summed E-state index contributed by atoms with van der Waals surface area (Å²) in [6.45, 7) is 2.61. The summed E-state index contributed by atoms with van der Waals surface area (Å²) in [5.74, 6) is 0.146. The molecule has 1 heterocycles. The van der Waals surface area contributed by atoms with E-state index in [9.17, 15) is 9.18 Å². The van der Waals surface area contributed by atoms with Gasteiger partial charge in [-0.1, -0.05) is 30.3 Å². The maximum atomic E-state index is 13.3. The number of hydrogen-bond donors (Lipinski definition) is 1. The van der Waals surface area contributed by atoms with Crippen molar-refractivity contribution in [3.63, 3.8) is 0 Å². The molecule has 2 aromatic carbocycles. The Morgan fingerprint density at radius 1 is 1.24 bits per heavy atom. The third-order valence-electron chi connectivity index (χ3n) is 3.78. The van der Waals surface area contributed by atoms with E-state index in [1.807, 2.05) is 25.1 Å². The van der Waals surface area contributed by atoms with Crippen LogP contribution in [0.25, 0.3) is 6.08 Å². The highest BCUT2D eigenvalue weighted by atomic mass is 32.1. The molecule has 0 saturated carbocycles. The molecule has 1 N–H and O–H groups in total. The molecule has 0 aliphatic carbocycles. The van der Waals surface area contributed by atoms with Gasteiger partial charge in [0.05, 0.1) is 0 Å². The van der Waals surface area contributed by atoms with E-state index in [0.717, 1.165) is 11.1 Å². The number of carbonyl (C=O) groups is 1. The summed E-state index contributed by atoms with van der Waals surface area (Å²) in [5.41, 5.74) is 1.89. The SMILES string of the molecule is CCN1C(=O)/C(=C/c2ccccc2OCc2cccc(F)c2)NC1=S. The molecule has 6 heteroatoms. The molecule has 0 bridgehead atoms. The fraction of sp³-hybridized carbons (Fsp3) is 0.158. The number of benzene rings is 2. The first kappa shape index (κ1) is 17.1. The van der Waals surface area contributed by atoms with Crippen molar-refractivity contribution in [3.05, 3.63) is 71.2 Å². The van der Waals surface area contributed by atoms with Gasteiger partial charge in [-0.25, -0.2) is 4.39 Å². The number of halogens is 1. The van der Waals surface area contributed by atoms with Crippen molar-refractivity contribution in [2.24, 2.45) is 0 Å². The Morgan fingerprint density at radius 2 is 2.04 bits per heavy atom. The lowest BCUT2D eigenvalue weighted by Gasteiger charge is -2.10. The topological polar surface area (TPSA) is 41.6 Å². The zero-order chi connectivity index (χ0) is 17.8.